The highest BCUT2D eigenvalue weighted by atomic mass is 19.4. The number of hydrogen-bond donors (Lipinski definition) is 2. The first-order valence-corrected chi connectivity index (χ1v) is 2.04. The number of aliphatic hydroxyl groups is 2. The lowest BCUT2D eigenvalue weighted by atomic mass is 10.5. The summed E-state index contributed by atoms with van der Waals surface area (Å²) in [6, 6.07) is 0. The second-order valence-corrected chi connectivity index (χ2v) is 1.35. The van der Waals surface area contributed by atoms with Crippen molar-refractivity contribution in [1.29, 1.82) is 0 Å². The van der Waals surface area contributed by atoms with Crippen LogP contribution in [0.3, 0.4) is 0 Å². The van der Waals surface area contributed by atoms with Gasteiger partial charge in [-0.15, -0.1) is 0 Å². The van der Waals surface area contributed by atoms with Crippen molar-refractivity contribution in [2.75, 3.05) is 0 Å². The zero-order valence-electron chi connectivity index (χ0n) is 4.46. The SMILES string of the molecule is OC(C(O)N(F)F)N(F)F. The van der Waals surface area contributed by atoms with Crippen molar-refractivity contribution in [3.05, 3.63) is 0 Å². The van der Waals surface area contributed by atoms with Crippen molar-refractivity contribution in [3.8, 4) is 0 Å². The molecule has 62 valence electrons. The lowest BCUT2D eigenvalue weighted by Crippen LogP contribution is -2.40. The van der Waals surface area contributed by atoms with E-state index >= 15 is 0 Å². The van der Waals surface area contributed by atoms with E-state index in [1.807, 2.05) is 0 Å². The largest absolute Gasteiger partial charge is 0.370 e. The number of halogens is 4. The molecule has 4 nitrogen and oxygen atoms in total. The predicted molar refractivity (Wildman–Crippen MR) is 20.1 cm³/mol. The third-order valence-corrected chi connectivity index (χ3v) is 0.667. The monoisotopic (exact) mass is 164 g/mol. The van der Waals surface area contributed by atoms with E-state index in [0.717, 1.165) is 0 Å². The molecule has 0 aliphatic heterocycles. The van der Waals surface area contributed by atoms with E-state index in [4.69, 9.17) is 10.2 Å². The Labute approximate surface area is 52.6 Å². The molecule has 2 unspecified atom stereocenters. The highest BCUT2D eigenvalue weighted by Crippen LogP contribution is 2.08. The van der Waals surface area contributed by atoms with Gasteiger partial charge in [0.25, 0.3) is 0 Å². The van der Waals surface area contributed by atoms with Crippen molar-refractivity contribution < 1.29 is 28.1 Å². The van der Waals surface area contributed by atoms with Gasteiger partial charge in [0.15, 0.2) is 0 Å². The summed E-state index contributed by atoms with van der Waals surface area (Å²) in [6.07, 6.45) is -5.81. The second kappa shape index (κ2) is 3.66. The summed E-state index contributed by atoms with van der Waals surface area (Å²) >= 11 is 0. The van der Waals surface area contributed by atoms with E-state index in [2.05, 4.69) is 0 Å². The summed E-state index contributed by atoms with van der Waals surface area (Å²) in [6.45, 7) is 0. The minimum Gasteiger partial charge on any atom is -0.370 e. The quantitative estimate of drug-likeness (QED) is 0.343. The second-order valence-electron chi connectivity index (χ2n) is 1.35. The van der Waals surface area contributed by atoms with Gasteiger partial charge in [0.1, 0.15) is 0 Å². The van der Waals surface area contributed by atoms with Crippen LogP contribution in [0.4, 0.5) is 17.9 Å². The maximum atomic E-state index is 11.1. The van der Waals surface area contributed by atoms with Gasteiger partial charge in [-0.05, 0) is 0 Å². The van der Waals surface area contributed by atoms with Crippen LogP contribution in [-0.4, -0.2) is 33.4 Å². The first kappa shape index (κ1) is 9.56. The smallest absolute Gasteiger partial charge is 0.212 e. The Hall–Kier alpha value is -0.440. The molecule has 0 saturated heterocycles. The number of nitrogens with zero attached hydrogens (tertiary/aromatic N) is 2. The van der Waals surface area contributed by atoms with E-state index in [1.165, 1.54) is 0 Å². The number of rotatable bonds is 3. The summed E-state index contributed by atoms with van der Waals surface area (Å²) in [5, 5.41) is 12.1. The fourth-order valence-electron chi connectivity index (χ4n) is 0.202. The van der Waals surface area contributed by atoms with Crippen molar-refractivity contribution in [2.24, 2.45) is 0 Å². The molecular formula is C2H4F4N2O2. The molecule has 0 aliphatic carbocycles. The topological polar surface area (TPSA) is 46.9 Å². The van der Waals surface area contributed by atoms with Crippen LogP contribution in [0, 0.1) is 0 Å². The Kier molecular flexibility index (Phi) is 3.50. The average Bonchev–Trinajstić information content (AvgIpc) is 1.84. The molecule has 2 N–H and O–H groups in total. The molecule has 0 spiro atoms. The fourth-order valence-corrected chi connectivity index (χ4v) is 0.202. The number of hydrogen-bond acceptors (Lipinski definition) is 4. The Balaban J connectivity index is 3.81. The van der Waals surface area contributed by atoms with Gasteiger partial charge in [0, 0.05) is 0 Å². The molecule has 10 heavy (non-hydrogen) atoms. The lowest BCUT2D eigenvalue weighted by molar-refractivity contribution is -0.348. The minimum absolute atomic E-state index is 1.93. The Morgan fingerprint density at radius 3 is 1.10 bits per heavy atom. The lowest BCUT2D eigenvalue weighted by Gasteiger charge is -2.15. The van der Waals surface area contributed by atoms with Crippen molar-refractivity contribution in [2.45, 2.75) is 12.5 Å². The Bertz CT molecular complexity index is 89.3. The van der Waals surface area contributed by atoms with Gasteiger partial charge in [-0.25, -0.2) is 0 Å². The van der Waals surface area contributed by atoms with Gasteiger partial charge >= 0.3 is 0 Å². The van der Waals surface area contributed by atoms with Crippen LogP contribution in [0.5, 0.6) is 0 Å². The summed E-state index contributed by atoms with van der Waals surface area (Å²) in [5.41, 5.74) is 0. The van der Waals surface area contributed by atoms with Crippen LogP contribution in [0.15, 0.2) is 0 Å². The Morgan fingerprint density at radius 2 is 1.00 bits per heavy atom. The molecular weight excluding hydrogens is 160 g/mol. The maximum Gasteiger partial charge on any atom is 0.212 e. The van der Waals surface area contributed by atoms with E-state index in [1.54, 1.807) is 0 Å². The van der Waals surface area contributed by atoms with E-state index < -0.39 is 23.1 Å². The molecule has 0 bridgehead atoms. The standard InChI is InChI=1S/C2H4F4N2O2/c3-7(4)1(9)2(10)8(5)6/h1-2,9-10H. The van der Waals surface area contributed by atoms with Gasteiger partial charge in [-0.2, -0.15) is 0 Å². The first-order chi connectivity index (χ1) is 4.46. The van der Waals surface area contributed by atoms with Crippen LogP contribution < -0.4 is 0 Å². The van der Waals surface area contributed by atoms with Crippen LogP contribution in [0.25, 0.3) is 0 Å². The minimum atomic E-state index is -2.91. The molecule has 0 amide bonds. The van der Waals surface area contributed by atoms with Gasteiger partial charge in [0.05, 0.1) is 10.7 Å². The van der Waals surface area contributed by atoms with E-state index in [9.17, 15) is 17.9 Å². The summed E-state index contributed by atoms with van der Waals surface area (Å²) < 4.78 is 44.4. The molecule has 0 heterocycles. The number of aliphatic hydroxyl groups excluding tert-OH is 2. The molecule has 0 aromatic carbocycles. The molecule has 0 radical (unpaired) electrons. The third-order valence-electron chi connectivity index (χ3n) is 0.667. The van der Waals surface area contributed by atoms with Crippen LogP contribution >= 0.6 is 0 Å². The van der Waals surface area contributed by atoms with Gasteiger partial charge < -0.3 is 10.2 Å². The highest BCUT2D eigenvalue weighted by molar-refractivity contribution is 4.49. The summed E-state index contributed by atoms with van der Waals surface area (Å²) in [7, 11) is 0. The summed E-state index contributed by atoms with van der Waals surface area (Å²) in [4.78, 5) is 0. The van der Waals surface area contributed by atoms with Gasteiger partial charge in [-0.3, -0.25) is 0 Å². The molecule has 2 atom stereocenters. The van der Waals surface area contributed by atoms with Crippen molar-refractivity contribution in [1.82, 2.24) is 10.7 Å². The molecule has 0 aliphatic rings. The average molecular weight is 164 g/mol. The first-order valence-electron chi connectivity index (χ1n) is 2.04. The summed E-state index contributed by atoms with van der Waals surface area (Å²) in [5.74, 6) is 0. The molecule has 0 saturated carbocycles. The fraction of sp³-hybridized carbons (Fsp3) is 1.00. The van der Waals surface area contributed by atoms with E-state index in [-0.39, 0.29) is 0 Å². The van der Waals surface area contributed by atoms with Gasteiger partial charge in [0.2, 0.25) is 12.5 Å². The van der Waals surface area contributed by atoms with Crippen LogP contribution in [0.2, 0.25) is 0 Å². The highest BCUT2D eigenvalue weighted by Gasteiger charge is 2.30. The molecule has 0 aromatic heterocycles. The zero-order chi connectivity index (χ0) is 8.31. The molecule has 0 aromatic rings. The third kappa shape index (κ3) is 2.43. The molecule has 0 rings (SSSR count). The van der Waals surface area contributed by atoms with Crippen LogP contribution in [0.1, 0.15) is 0 Å². The zero-order valence-corrected chi connectivity index (χ0v) is 4.46. The van der Waals surface area contributed by atoms with Gasteiger partial charge in [-0.1, -0.05) is 17.9 Å². The molecule has 8 heteroatoms. The van der Waals surface area contributed by atoms with Crippen molar-refractivity contribution in [3.63, 3.8) is 0 Å². The predicted octanol–water partition coefficient (Wildman–Crippen LogP) is -0.235. The Morgan fingerprint density at radius 1 is 0.800 bits per heavy atom. The van der Waals surface area contributed by atoms with Crippen molar-refractivity contribution >= 4 is 0 Å². The van der Waals surface area contributed by atoms with Crippen LogP contribution in [-0.2, 0) is 0 Å². The molecule has 0 fully saturated rings. The normalized spacial score (nSPS) is 18.0. The van der Waals surface area contributed by atoms with E-state index in [0.29, 0.717) is 0 Å². The maximum absolute atomic E-state index is 11.1.